The Morgan fingerprint density at radius 3 is 1.80 bits per heavy atom. The third-order valence-electron chi connectivity index (χ3n) is 12.1. The number of hydrogen-bond donors (Lipinski definition) is 12. The molecule has 0 aromatic heterocycles. The van der Waals surface area contributed by atoms with E-state index in [0.717, 1.165) is 10.5 Å². The average molecular weight is 1050 g/mol. The summed E-state index contributed by atoms with van der Waals surface area (Å²) in [7, 11) is -0.163. The maximum atomic E-state index is 13.4. The summed E-state index contributed by atoms with van der Waals surface area (Å²) in [5, 5.41) is 44.0. The summed E-state index contributed by atoms with van der Waals surface area (Å²) >= 11 is 0. The fraction of sp³-hybridized carbons (Fsp3) is 0.644. The van der Waals surface area contributed by atoms with Crippen molar-refractivity contribution < 1.29 is 63.4 Å². The van der Waals surface area contributed by atoms with Crippen molar-refractivity contribution in [3.63, 3.8) is 0 Å². The summed E-state index contributed by atoms with van der Waals surface area (Å²) in [4.78, 5) is 123. The molecule has 1 aromatic carbocycles. The second kappa shape index (κ2) is 34.8. The van der Waals surface area contributed by atoms with Gasteiger partial charge in [0.25, 0.3) is 12.4 Å². The third kappa shape index (κ3) is 26.5. The first-order chi connectivity index (χ1) is 35.1. The number of β-amino-alcohol motifs (C(OH)–C–C–N with tert-alkyl or cyclic N) is 1. The molecule has 2 heterocycles. The van der Waals surface area contributed by atoms with E-state index in [4.69, 9.17) is 38.6 Å². The van der Waals surface area contributed by atoms with Crippen LogP contribution in [0.1, 0.15) is 67.3 Å². The fourth-order valence-corrected chi connectivity index (χ4v) is 8.26. The number of aliphatic hydroxyl groups excluding tert-OH is 1. The molecule has 28 nitrogen and oxygen atoms in total. The van der Waals surface area contributed by atoms with E-state index in [1.807, 2.05) is 14.7 Å². The number of rotatable bonds is 27. The average Bonchev–Trinajstić information content (AvgIpc) is 3.73. The van der Waals surface area contributed by atoms with Crippen molar-refractivity contribution in [1.82, 2.24) is 45.3 Å². The van der Waals surface area contributed by atoms with Gasteiger partial charge in [-0.3, -0.25) is 62.8 Å². The van der Waals surface area contributed by atoms with Crippen LogP contribution >= 0.6 is 0 Å². The number of amides is 8. The zero-order chi connectivity index (χ0) is 55.2. The van der Waals surface area contributed by atoms with Gasteiger partial charge in [0.2, 0.25) is 41.4 Å². The number of benzene rings is 1. The molecule has 2 aliphatic rings. The van der Waals surface area contributed by atoms with Crippen LogP contribution in [0.25, 0.3) is 0 Å². The van der Waals surface area contributed by atoms with Crippen molar-refractivity contribution in [1.29, 1.82) is 0 Å². The highest BCUT2D eigenvalue weighted by atomic mass is 16.4. The van der Waals surface area contributed by atoms with Crippen molar-refractivity contribution in [2.24, 2.45) is 33.7 Å². The zero-order valence-electron chi connectivity index (χ0n) is 42.4. The minimum absolute atomic E-state index is 0.0155. The second-order valence-electron chi connectivity index (χ2n) is 18.1. The lowest BCUT2D eigenvalue weighted by atomic mass is 9.77. The molecule has 74 heavy (non-hydrogen) atoms. The van der Waals surface area contributed by atoms with E-state index in [-0.39, 0.29) is 101 Å². The molecule has 3 atom stereocenters. The molecule has 414 valence electrons. The first kappa shape index (κ1) is 63.6. The van der Waals surface area contributed by atoms with Crippen LogP contribution in [0.3, 0.4) is 0 Å². The van der Waals surface area contributed by atoms with Crippen LogP contribution in [0, 0.1) is 0 Å². The third-order valence-corrected chi connectivity index (χ3v) is 12.1. The summed E-state index contributed by atoms with van der Waals surface area (Å²) in [6.45, 7) is 4.35. The normalized spacial score (nSPS) is 17.4. The summed E-state index contributed by atoms with van der Waals surface area (Å²) in [5.74, 6) is -4.48. The van der Waals surface area contributed by atoms with Gasteiger partial charge in [0, 0.05) is 104 Å². The molecular formula is C45H78BN15O13. The van der Waals surface area contributed by atoms with E-state index in [1.54, 1.807) is 36.2 Å². The number of likely N-dealkylation sites (tertiary alicyclic amines) is 1. The van der Waals surface area contributed by atoms with Crippen LogP contribution in [0.4, 0.5) is 0 Å². The van der Waals surface area contributed by atoms with Gasteiger partial charge in [-0.15, -0.1) is 0 Å². The van der Waals surface area contributed by atoms with E-state index in [9.17, 15) is 53.5 Å². The molecular weight excluding hydrogens is 969 g/mol. The van der Waals surface area contributed by atoms with Crippen LogP contribution in [-0.4, -0.2) is 246 Å². The number of carbonyl (C=O) groups is 9. The smallest absolute Gasteiger partial charge is 0.475 e. The number of primary amides is 3. The number of aliphatic hydroxyl groups is 1. The number of aliphatic imine (C=N–C) groups is 1. The predicted molar refractivity (Wildman–Crippen MR) is 272 cm³/mol. The van der Waals surface area contributed by atoms with Crippen LogP contribution < -0.4 is 44.6 Å². The largest absolute Gasteiger partial charge is 0.483 e. The van der Waals surface area contributed by atoms with E-state index in [2.05, 4.69) is 25.8 Å². The van der Waals surface area contributed by atoms with Gasteiger partial charge in [-0.25, -0.2) is 0 Å². The lowest BCUT2D eigenvalue weighted by Crippen LogP contribution is -2.50. The Labute approximate surface area is 431 Å². The van der Waals surface area contributed by atoms with Gasteiger partial charge in [-0.2, -0.15) is 0 Å². The summed E-state index contributed by atoms with van der Waals surface area (Å²) in [6, 6.07) is 5.63. The van der Waals surface area contributed by atoms with Gasteiger partial charge >= 0.3 is 7.12 Å². The Morgan fingerprint density at radius 2 is 1.30 bits per heavy atom. The van der Waals surface area contributed by atoms with Crippen molar-refractivity contribution >= 4 is 66.8 Å². The minimum Gasteiger partial charge on any atom is -0.483 e. The molecule has 17 N–H and O–H groups in total. The van der Waals surface area contributed by atoms with E-state index >= 15 is 0 Å². The standard InChI is InChI=1S/C44H76BN15O11.CH2O2/c1-55(26-31-9-11-32(12-10-31)42(68)53-25-41(67)60-27-33(61)24-35(60)45(70)71)40(66)8-2-3-13-51-43(69)34(6-4-14-52-44(49)50)54-39(65)7-5-15-56-16-18-57(28-36(46)62)20-22-59(30-38(48)64)23-21-58(19-17-56)29-37(47)63;2-1-3/h9-12,33-35,61,70-71H,2-8,13-30H2,1H3,(H2,46,62)(H2,47,63)(H2,48,64)(H,51,69)(H,53,68)(H,54,65)(H4,49,50,52);1H,(H,2,3). The number of nitrogens with two attached hydrogens (primary N) is 5. The number of nitrogens with one attached hydrogen (secondary N) is 3. The van der Waals surface area contributed by atoms with Crippen LogP contribution in [0.15, 0.2) is 29.3 Å². The number of nitrogens with zero attached hydrogens (tertiary/aromatic N) is 7. The monoisotopic (exact) mass is 1050 g/mol. The number of guanidine groups is 1. The lowest BCUT2D eigenvalue weighted by molar-refractivity contribution is -0.131. The quantitative estimate of drug-likeness (QED) is 0.0128. The molecule has 2 saturated heterocycles. The van der Waals surface area contributed by atoms with Crippen LogP contribution in [-0.2, 0) is 44.9 Å². The highest BCUT2D eigenvalue weighted by Crippen LogP contribution is 2.19. The Bertz CT molecular complexity index is 1970. The van der Waals surface area contributed by atoms with Gasteiger partial charge in [0.1, 0.15) is 6.04 Å². The Morgan fingerprint density at radius 1 is 0.770 bits per heavy atom. The molecule has 0 aliphatic carbocycles. The Balaban J connectivity index is 0.00000609. The van der Waals surface area contributed by atoms with E-state index < -0.39 is 67.2 Å². The highest BCUT2D eigenvalue weighted by Gasteiger charge is 2.41. The van der Waals surface area contributed by atoms with Crippen LogP contribution in [0.5, 0.6) is 0 Å². The molecule has 0 saturated carbocycles. The molecule has 8 amide bonds. The van der Waals surface area contributed by atoms with Crippen molar-refractivity contribution in [2.45, 2.75) is 76.0 Å². The highest BCUT2D eigenvalue weighted by molar-refractivity contribution is 6.43. The van der Waals surface area contributed by atoms with Crippen molar-refractivity contribution in [3.05, 3.63) is 35.4 Å². The molecule has 1 aromatic rings. The van der Waals surface area contributed by atoms with Gasteiger partial charge in [-0.05, 0) is 62.8 Å². The lowest BCUT2D eigenvalue weighted by Gasteiger charge is -2.33. The molecule has 0 spiro atoms. The molecule has 2 aliphatic heterocycles. The second-order valence-corrected chi connectivity index (χ2v) is 18.1. The number of hydrogen-bond acceptors (Lipinski definition) is 17. The first-order valence-corrected chi connectivity index (χ1v) is 24.5. The fourth-order valence-electron chi connectivity index (χ4n) is 8.26. The number of carbonyl (C=O) groups excluding carboxylic acids is 8. The summed E-state index contributed by atoms with van der Waals surface area (Å²) < 4.78 is 0. The molecule has 3 unspecified atom stereocenters. The van der Waals surface area contributed by atoms with Crippen molar-refractivity contribution in [3.8, 4) is 0 Å². The minimum atomic E-state index is -1.82. The zero-order valence-corrected chi connectivity index (χ0v) is 42.4. The van der Waals surface area contributed by atoms with Gasteiger partial charge in [0.15, 0.2) is 5.96 Å². The number of unbranched alkanes of at least 4 members (excludes halogenated alkanes) is 1. The Kier molecular flexibility index (Phi) is 30.0. The maximum Gasteiger partial charge on any atom is 0.475 e. The molecule has 0 radical (unpaired) electrons. The van der Waals surface area contributed by atoms with Gasteiger partial charge in [0.05, 0.1) is 38.2 Å². The topological polar surface area (TPSA) is 433 Å². The van der Waals surface area contributed by atoms with Crippen LogP contribution in [0.2, 0.25) is 0 Å². The molecule has 3 rings (SSSR count). The van der Waals surface area contributed by atoms with Gasteiger partial charge in [-0.1, -0.05) is 12.1 Å². The van der Waals surface area contributed by atoms with Gasteiger partial charge < -0.3 is 79.6 Å². The Hall–Kier alpha value is -6.50. The predicted octanol–water partition coefficient (Wildman–Crippen LogP) is -6.67. The maximum absolute atomic E-state index is 13.4. The summed E-state index contributed by atoms with van der Waals surface area (Å²) in [5.41, 5.74) is 28.5. The van der Waals surface area contributed by atoms with E-state index in [1.165, 1.54) is 0 Å². The van der Waals surface area contributed by atoms with Crippen molar-refractivity contribution in [2.75, 3.05) is 112 Å². The molecule has 2 fully saturated rings. The molecule has 29 heteroatoms. The summed E-state index contributed by atoms with van der Waals surface area (Å²) in [6.07, 6.45) is 1.52. The SMILES string of the molecule is CN(Cc1ccc(C(=O)NCC(=O)N2CC(O)CC2B(O)O)cc1)C(=O)CCCCNC(=O)C(CCCN=C(N)N)NC(=O)CCCN1CCN(CC(N)=O)CCN(CC(N)=O)CCN(CC(N)=O)CC1.O=CO. The van der Waals surface area contributed by atoms with E-state index in [0.29, 0.717) is 84.6 Å². The molecule has 0 bridgehead atoms. The number of carboxylic acid groups (broad SMARTS) is 1. The first-order valence-electron chi connectivity index (χ1n) is 24.5.